The largest absolute Gasteiger partial charge is 0.323 e. The summed E-state index contributed by atoms with van der Waals surface area (Å²) < 4.78 is 0. The first-order valence-electron chi connectivity index (χ1n) is 13.7. The smallest absolute Gasteiger partial charge is 0.294 e. The van der Waals surface area contributed by atoms with E-state index in [2.05, 4.69) is 20.5 Å². The van der Waals surface area contributed by atoms with Crippen molar-refractivity contribution in [1.82, 2.24) is 9.97 Å². The number of imidazole rings is 1. The summed E-state index contributed by atoms with van der Waals surface area (Å²) in [6.45, 7) is 0. The van der Waals surface area contributed by atoms with Crippen LogP contribution in [0.15, 0.2) is 96.1 Å². The Hall–Kier alpha value is -5.35. The van der Waals surface area contributed by atoms with Crippen molar-refractivity contribution in [3.8, 4) is 0 Å². The molecule has 4 aromatic carbocycles. The minimum Gasteiger partial charge on any atom is -0.323 e. The highest BCUT2D eigenvalue weighted by Crippen LogP contribution is 2.64. The molecule has 2 amide bonds. The van der Waals surface area contributed by atoms with Gasteiger partial charge in [-0.15, -0.1) is 0 Å². The van der Waals surface area contributed by atoms with Crippen molar-refractivity contribution in [2.75, 3.05) is 10.3 Å². The molecular formula is C32H21ClN6O4. The average molecular weight is 589 g/mol. The third-order valence-corrected chi connectivity index (χ3v) is 9.12. The van der Waals surface area contributed by atoms with Crippen molar-refractivity contribution in [2.24, 2.45) is 16.9 Å². The highest BCUT2D eigenvalue weighted by atomic mass is 35.5. The van der Waals surface area contributed by atoms with E-state index in [0.29, 0.717) is 5.95 Å². The summed E-state index contributed by atoms with van der Waals surface area (Å²) in [5.41, 5.74) is 6.51. The number of aromatic amines is 1. The van der Waals surface area contributed by atoms with Gasteiger partial charge >= 0.3 is 0 Å². The molecule has 0 unspecified atom stereocenters. The number of benzene rings is 4. The van der Waals surface area contributed by atoms with Gasteiger partial charge in [0.25, 0.3) is 5.69 Å². The highest BCUT2D eigenvalue weighted by molar-refractivity contribution is 6.31. The predicted molar refractivity (Wildman–Crippen MR) is 161 cm³/mol. The van der Waals surface area contributed by atoms with E-state index in [1.165, 1.54) is 12.1 Å². The van der Waals surface area contributed by atoms with Crippen molar-refractivity contribution in [2.45, 2.75) is 11.3 Å². The Morgan fingerprint density at radius 1 is 0.953 bits per heavy atom. The first kappa shape index (κ1) is 25.4. The third-order valence-electron chi connectivity index (χ3n) is 8.89. The van der Waals surface area contributed by atoms with Crippen LogP contribution in [-0.4, -0.2) is 32.9 Å². The molecule has 1 aromatic heterocycles. The number of rotatable bonds is 5. The molecule has 2 bridgehead atoms. The van der Waals surface area contributed by atoms with E-state index in [4.69, 9.17) is 11.6 Å². The molecular weight excluding hydrogens is 568 g/mol. The Morgan fingerprint density at radius 3 is 2.33 bits per heavy atom. The zero-order valence-corrected chi connectivity index (χ0v) is 23.0. The monoisotopic (exact) mass is 588 g/mol. The summed E-state index contributed by atoms with van der Waals surface area (Å²) in [7, 11) is 0. The number of anilines is 2. The second-order valence-corrected chi connectivity index (χ2v) is 11.3. The number of nitrogens with one attached hydrogen (secondary N) is 2. The number of para-hydroxylation sites is 2. The number of amides is 2. The van der Waals surface area contributed by atoms with E-state index in [9.17, 15) is 19.7 Å². The number of nitro benzene ring substituents is 1. The van der Waals surface area contributed by atoms with E-state index < -0.39 is 45.6 Å². The van der Waals surface area contributed by atoms with Gasteiger partial charge in [-0.25, -0.2) is 15.3 Å². The van der Waals surface area contributed by atoms with Gasteiger partial charge in [0.15, 0.2) is 0 Å². The molecule has 0 spiro atoms. The quantitative estimate of drug-likeness (QED) is 0.116. The van der Waals surface area contributed by atoms with E-state index in [0.717, 1.165) is 44.3 Å². The maximum absolute atomic E-state index is 14.5. The van der Waals surface area contributed by atoms with Crippen LogP contribution in [0.25, 0.3) is 11.0 Å². The van der Waals surface area contributed by atoms with E-state index in [-0.39, 0.29) is 10.7 Å². The summed E-state index contributed by atoms with van der Waals surface area (Å²) in [6.07, 6.45) is 1.69. The Labute approximate surface area is 249 Å². The highest BCUT2D eigenvalue weighted by Gasteiger charge is 2.68. The lowest BCUT2D eigenvalue weighted by Crippen LogP contribution is -2.54. The van der Waals surface area contributed by atoms with Crippen LogP contribution >= 0.6 is 11.6 Å². The minimum atomic E-state index is -1.14. The van der Waals surface area contributed by atoms with Crippen molar-refractivity contribution in [1.29, 1.82) is 0 Å². The fourth-order valence-electron chi connectivity index (χ4n) is 7.32. The van der Waals surface area contributed by atoms with Crippen molar-refractivity contribution >= 4 is 58.0 Å². The number of carbonyl (C=O) groups is 2. The van der Waals surface area contributed by atoms with Gasteiger partial charge < -0.3 is 4.98 Å². The number of nitrogens with zero attached hydrogens (tertiary/aromatic N) is 4. The Balaban J connectivity index is 1.32. The second-order valence-electron chi connectivity index (χ2n) is 10.9. The van der Waals surface area contributed by atoms with E-state index in [1.807, 2.05) is 72.8 Å². The summed E-state index contributed by atoms with van der Waals surface area (Å²) in [5.74, 6) is -2.70. The van der Waals surface area contributed by atoms with E-state index in [1.54, 1.807) is 6.21 Å². The molecule has 1 saturated heterocycles. The molecule has 4 aliphatic rings. The second kappa shape index (κ2) is 9.07. The van der Waals surface area contributed by atoms with Gasteiger partial charge in [0.05, 0.1) is 33.2 Å². The lowest BCUT2D eigenvalue weighted by atomic mass is 9.47. The number of hydrogen-bond acceptors (Lipinski definition) is 7. The van der Waals surface area contributed by atoms with Crippen LogP contribution < -0.4 is 10.3 Å². The summed E-state index contributed by atoms with van der Waals surface area (Å²) in [4.78, 5) is 48.9. The SMILES string of the molecule is O=C1[C@@H]2C3c4ccccc4C(/C=N\Nc4nc5ccccc5[nH]4)(c4ccccc43)[C@@H]2C(=O)N1c1ccc(Cl)cc1[N+](=O)[O-]. The van der Waals surface area contributed by atoms with Crippen LogP contribution in [0.5, 0.6) is 0 Å². The standard InChI is InChI=1S/C32H21ClN6O4/c33-17-13-14-24(25(15-17)39(42)43)38-29(40)27-26-18-7-1-3-9-20(18)32(28(27)30(38)41,21-10-4-2-8-19(21)26)16-34-37-31-35-22-11-5-6-12-23(22)36-31/h1-16,26-28H,(H2,35,36,37)/b34-16-/t26?,27-,28+,32?/m1/s1. The Bertz CT molecular complexity index is 1970. The maximum atomic E-state index is 14.5. The maximum Gasteiger partial charge on any atom is 0.294 e. The Morgan fingerprint density at radius 2 is 1.63 bits per heavy atom. The van der Waals surface area contributed by atoms with Gasteiger partial charge in [-0.3, -0.25) is 19.7 Å². The fourth-order valence-corrected chi connectivity index (χ4v) is 7.49. The molecule has 9 rings (SSSR count). The first-order chi connectivity index (χ1) is 20.9. The minimum absolute atomic E-state index is 0.0983. The number of hydrazone groups is 1. The molecule has 2 heterocycles. The van der Waals surface area contributed by atoms with Gasteiger partial charge in [-0.05, 0) is 46.5 Å². The number of fused-ring (bicyclic) bond motifs is 1. The zero-order chi connectivity index (χ0) is 29.5. The first-order valence-corrected chi connectivity index (χ1v) is 14.0. The van der Waals surface area contributed by atoms with Gasteiger partial charge in [0.1, 0.15) is 5.69 Å². The molecule has 0 saturated carbocycles. The van der Waals surface area contributed by atoms with Gasteiger partial charge in [0.2, 0.25) is 17.8 Å². The molecule has 1 fully saturated rings. The van der Waals surface area contributed by atoms with Crippen LogP contribution in [0, 0.1) is 22.0 Å². The van der Waals surface area contributed by atoms with Crippen LogP contribution in [0.4, 0.5) is 17.3 Å². The summed E-state index contributed by atoms with van der Waals surface area (Å²) >= 11 is 6.07. The molecule has 43 heavy (non-hydrogen) atoms. The molecule has 3 aliphatic carbocycles. The van der Waals surface area contributed by atoms with Gasteiger partial charge in [-0.2, -0.15) is 5.10 Å². The topological polar surface area (TPSA) is 134 Å². The summed E-state index contributed by atoms with van der Waals surface area (Å²) in [5, 5.41) is 16.8. The number of H-pyrrole nitrogens is 1. The number of nitro groups is 1. The van der Waals surface area contributed by atoms with E-state index >= 15 is 0 Å². The normalized spacial score (nSPS) is 23.5. The predicted octanol–water partition coefficient (Wildman–Crippen LogP) is 5.77. The lowest BCUT2D eigenvalue weighted by molar-refractivity contribution is -0.384. The van der Waals surface area contributed by atoms with Gasteiger partial charge in [-0.1, -0.05) is 72.3 Å². The van der Waals surface area contributed by atoms with Crippen LogP contribution in [0.2, 0.25) is 5.02 Å². The Kier molecular flexibility index (Phi) is 5.35. The molecule has 1 aliphatic heterocycles. The molecule has 2 atom stereocenters. The number of hydrogen-bond donors (Lipinski definition) is 2. The number of halogens is 1. The third kappa shape index (κ3) is 3.41. The fraction of sp³-hybridized carbons (Fsp3) is 0.125. The van der Waals surface area contributed by atoms with Crippen molar-refractivity contribution in [3.05, 3.63) is 128 Å². The zero-order valence-electron chi connectivity index (χ0n) is 22.3. The summed E-state index contributed by atoms with van der Waals surface area (Å²) in [6, 6.07) is 27.1. The number of aromatic nitrogens is 2. The molecule has 0 radical (unpaired) electrons. The van der Waals surface area contributed by atoms with Crippen molar-refractivity contribution < 1.29 is 14.5 Å². The van der Waals surface area contributed by atoms with Crippen molar-refractivity contribution in [3.63, 3.8) is 0 Å². The lowest BCUT2D eigenvalue weighted by Gasteiger charge is -2.52. The molecule has 5 aromatic rings. The molecule has 2 N–H and O–H groups in total. The molecule has 210 valence electrons. The average Bonchev–Trinajstić information content (AvgIpc) is 3.55. The van der Waals surface area contributed by atoms with Crippen LogP contribution in [0.3, 0.4) is 0 Å². The van der Waals surface area contributed by atoms with Crippen LogP contribution in [-0.2, 0) is 15.0 Å². The number of imide groups is 1. The molecule has 10 nitrogen and oxygen atoms in total. The number of carbonyl (C=O) groups excluding carboxylic acids is 2. The van der Waals surface area contributed by atoms with Crippen LogP contribution in [0.1, 0.15) is 28.2 Å². The molecule has 11 heteroatoms. The van der Waals surface area contributed by atoms with Gasteiger partial charge in [0, 0.05) is 23.2 Å².